The molecule has 0 radical (unpaired) electrons. The van der Waals surface area contributed by atoms with Gasteiger partial charge in [0.2, 0.25) is 5.91 Å². The third-order valence-corrected chi connectivity index (χ3v) is 5.81. The van der Waals surface area contributed by atoms with Gasteiger partial charge < -0.3 is 9.64 Å². The average Bonchev–Trinajstić information content (AvgIpc) is 2.86. The summed E-state index contributed by atoms with van der Waals surface area (Å²) < 4.78 is 44.3. The van der Waals surface area contributed by atoms with Crippen LogP contribution in [-0.2, 0) is 22.3 Å². The van der Waals surface area contributed by atoms with Crippen molar-refractivity contribution in [3.05, 3.63) is 95.1 Å². The molecule has 1 heterocycles. The number of alkyl halides is 3. The average molecular weight is 482 g/mol. The van der Waals surface area contributed by atoms with Crippen LogP contribution in [0.15, 0.2) is 72.8 Å². The Morgan fingerprint density at radius 2 is 1.57 bits per heavy atom. The first kappa shape index (κ1) is 24.0. The molecule has 3 aromatic rings. The van der Waals surface area contributed by atoms with Gasteiger partial charge in [0, 0.05) is 5.56 Å². The number of carbonyl (C=O) groups is 3. The van der Waals surface area contributed by atoms with E-state index in [4.69, 9.17) is 4.74 Å². The highest BCUT2D eigenvalue weighted by atomic mass is 19.4. The smallest absolute Gasteiger partial charge is 0.416 e. The predicted molar refractivity (Wildman–Crippen MR) is 123 cm³/mol. The lowest BCUT2D eigenvalue weighted by Gasteiger charge is -2.40. The van der Waals surface area contributed by atoms with Gasteiger partial charge in [-0.25, -0.2) is 4.79 Å². The fourth-order valence-corrected chi connectivity index (χ4v) is 4.02. The van der Waals surface area contributed by atoms with Crippen molar-refractivity contribution < 1.29 is 32.3 Å². The Bertz CT molecular complexity index is 1290. The van der Waals surface area contributed by atoms with E-state index < -0.39 is 29.7 Å². The van der Waals surface area contributed by atoms with Crippen LogP contribution in [0.25, 0.3) is 0 Å². The lowest BCUT2D eigenvalue weighted by molar-refractivity contribution is -0.137. The summed E-state index contributed by atoms with van der Waals surface area (Å²) in [5, 5.41) is 0. The first-order valence-corrected chi connectivity index (χ1v) is 10.7. The van der Waals surface area contributed by atoms with E-state index >= 15 is 0 Å². The maximum Gasteiger partial charge on any atom is 0.416 e. The molecule has 9 heteroatoms. The highest BCUT2D eigenvalue weighted by molar-refractivity contribution is 6.17. The second-order valence-corrected chi connectivity index (χ2v) is 8.03. The highest BCUT2D eigenvalue weighted by Gasteiger charge is 2.39. The molecule has 4 rings (SSSR count). The van der Waals surface area contributed by atoms with E-state index in [1.54, 1.807) is 48.5 Å². The number of methoxy groups -OCH3 is 1. The minimum absolute atomic E-state index is 0.166. The van der Waals surface area contributed by atoms with Crippen LogP contribution in [0.1, 0.15) is 38.8 Å². The Balaban J connectivity index is 1.68. The van der Waals surface area contributed by atoms with Crippen LogP contribution in [-0.4, -0.2) is 30.9 Å². The van der Waals surface area contributed by atoms with Gasteiger partial charge in [0.15, 0.2) is 0 Å². The van der Waals surface area contributed by atoms with Crippen molar-refractivity contribution in [3.63, 3.8) is 0 Å². The normalized spacial score (nSPS) is 15.6. The monoisotopic (exact) mass is 482 g/mol. The molecule has 0 N–H and O–H groups in total. The number of nitrogens with zero attached hydrogens (tertiary/aromatic N) is 2. The summed E-state index contributed by atoms with van der Waals surface area (Å²) in [4.78, 5) is 41.1. The van der Waals surface area contributed by atoms with Gasteiger partial charge in [-0.3, -0.25) is 14.5 Å². The number of benzene rings is 3. The summed E-state index contributed by atoms with van der Waals surface area (Å²) in [6, 6.07) is 16.5. The number of hydrogen-bond donors (Lipinski definition) is 0. The second-order valence-electron chi connectivity index (χ2n) is 8.03. The van der Waals surface area contributed by atoms with Crippen LogP contribution >= 0.6 is 0 Å². The third-order valence-electron chi connectivity index (χ3n) is 5.81. The Labute approximate surface area is 199 Å². The van der Waals surface area contributed by atoms with Crippen molar-refractivity contribution in [1.82, 2.24) is 0 Å². The van der Waals surface area contributed by atoms with Crippen LogP contribution in [0, 0.1) is 0 Å². The van der Waals surface area contributed by atoms with Crippen molar-refractivity contribution in [2.24, 2.45) is 0 Å². The van der Waals surface area contributed by atoms with Crippen molar-refractivity contribution >= 4 is 29.2 Å². The van der Waals surface area contributed by atoms with Gasteiger partial charge in [-0.2, -0.15) is 13.2 Å². The summed E-state index contributed by atoms with van der Waals surface area (Å²) in [6.45, 7) is 1.71. The van der Waals surface area contributed by atoms with E-state index in [0.29, 0.717) is 16.9 Å². The maximum atomic E-state index is 13.4. The first-order valence-electron chi connectivity index (χ1n) is 10.7. The summed E-state index contributed by atoms with van der Waals surface area (Å²) >= 11 is 0. The molecule has 35 heavy (non-hydrogen) atoms. The standard InChI is InChI=1S/C26H21F3N2O4/c1-16-23(32)30(15-17-10-12-18(13-11-17)25(34)35-2)21-8-3-4-9-22(21)31(16)24(33)19-6-5-7-20(14-19)26(27,28)29/h3-14,16H,15H2,1-2H3. The predicted octanol–water partition coefficient (Wildman–Crippen LogP) is 5.07. The molecule has 180 valence electrons. The molecule has 0 saturated carbocycles. The fraction of sp³-hybridized carbons (Fsp3) is 0.192. The Kier molecular flexibility index (Phi) is 6.34. The molecule has 6 nitrogen and oxygen atoms in total. The molecule has 0 aromatic heterocycles. The largest absolute Gasteiger partial charge is 0.465 e. The quantitative estimate of drug-likeness (QED) is 0.487. The van der Waals surface area contributed by atoms with Crippen molar-refractivity contribution in [2.75, 3.05) is 16.9 Å². The van der Waals surface area contributed by atoms with Crippen molar-refractivity contribution in [1.29, 1.82) is 0 Å². The number of hydrogen-bond acceptors (Lipinski definition) is 4. The molecular weight excluding hydrogens is 461 g/mol. The Hall–Kier alpha value is -4.14. The number of halogens is 3. The molecule has 2 amide bonds. The minimum atomic E-state index is -4.60. The molecule has 0 saturated heterocycles. The van der Waals surface area contributed by atoms with Crippen LogP contribution < -0.4 is 9.80 Å². The molecular formula is C26H21F3N2O4. The summed E-state index contributed by atoms with van der Waals surface area (Å²) in [6.07, 6.45) is -4.60. The van der Waals surface area contributed by atoms with Crippen LogP contribution in [0.4, 0.5) is 24.5 Å². The van der Waals surface area contributed by atoms with E-state index in [9.17, 15) is 27.6 Å². The zero-order valence-corrected chi connectivity index (χ0v) is 18.9. The van der Waals surface area contributed by atoms with Crippen LogP contribution in [0.5, 0.6) is 0 Å². The fourth-order valence-electron chi connectivity index (χ4n) is 4.02. The van der Waals surface area contributed by atoms with E-state index in [1.807, 2.05) is 0 Å². The van der Waals surface area contributed by atoms with Crippen molar-refractivity contribution in [3.8, 4) is 0 Å². The summed E-state index contributed by atoms with van der Waals surface area (Å²) in [5.74, 6) is -1.57. The van der Waals surface area contributed by atoms with Gasteiger partial charge in [-0.1, -0.05) is 30.3 Å². The van der Waals surface area contributed by atoms with E-state index in [0.717, 1.165) is 17.7 Å². The Morgan fingerprint density at radius 1 is 0.914 bits per heavy atom. The lowest BCUT2D eigenvalue weighted by atomic mass is 10.0. The first-order chi connectivity index (χ1) is 16.6. The number of rotatable bonds is 4. The van der Waals surface area contributed by atoms with Gasteiger partial charge in [0.1, 0.15) is 6.04 Å². The maximum absolute atomic E-state index is 13.4. The Morgan fingerprint density at radius 3 is 2.20 bits per heavy atom. The molecule has 0 bridgehead atoms. The van der Waals surface area contributed by atoms with Crippen molar-refractivity contribution in [2.45, 2.75) is 25.7 Å². The SMILES string of the molecule is COC(=O)c1ccc(CN2C(=O)C(C)N(C(=O)c3cccc(C(F)(F)F)c3)c3ccccc32)cc1. The van der Waals surface area contributed by atoms with Crippen LogP contribution in [0.2, 0.25) is 0 Å². The molecule has 1 aliphatic rings. The molecule has 0 aliphatic carbocycles. The molecule has 3 aromatic carbocycles. The number of anilines is 2. The number of fused-ring (bicyclic) bond motifs is 1. The zero-order chi connectivity index (χ0) is 25.3. The molecule has 1 unspecified atom stereocenters. The van der Waals surface area contributed by atoms with Gasteiger partial charge in [0.25, 0.3) is 5.91 Å². The topological polar surface area (TPSA) is 66.9 Å². The minimum Gasteiger partial charge on any atom is -0.465 e. The van der Waals surface area contributed by atoms with Gasteiger partial charge >= 0.3 is 12.1 Å². The summed E-state index contributed by atoms with van der Waals surface area (Å²) in [5.41, 5.74) is 0.866. The number of amides is 2. The zero-order valence-electron chi connectivity index (χ0n) is 18.9. The number of para-hydroxylation sites is 2. The van der Waals surface area contributed by atoms with Crippen LogP contribution in [0.3, 0.4) is 0 Å². The molecule has 0 spiro atoms. The number of esters is 1. The molecule has 1 atom stereocenters. The van der Waals surface area contributed by atoms with E-state index in [1.165, 1.54) is 36.0 Å². The highest BCUT2D eigenvalue weighted by Crippen LogP contribution is 2.38. The van der Waals surface area contributed by atoms with Gasteiger partial charge in [0.05, 0.1) is 36.2 Å². The number of ether oxygens (including phenoxy) is 1. The summed E-state index contributed by atoms with van der Waals surface area (Å²) in [7, 11) is 1.29. The number of carbonyl (C=O) groups excluding carboxylic acids is 3. The second kappa shape index (κ2) is 9.25. The van der Waals surface area contributed by atoms with E-state index in [-0.39, 0.29) is 18.0 Å². The lowest BCUT2D eigenvalue weighted by Crippen LogP contribution is -2.54. The van der Waals surface area contributed by atoms with E-state index in [2.05, 4.69) is 0 Å². The van der Waals surface area contributed by atoms with Gasteiger partial charge in [-0.05, 0) is 55.0 Å². The molecule has 0 fully saturated rings. The molecule has 1 aliphatic heterocycles. The third kappa shape index (κ3) is 4.62. The van der Waals surface area contributed by atoms with Gasteiger partial charge in [-0.15, -0.1) is 0 Å².